The minimum absolute atomic E-state index is 0.0534. The fourth-order valence-electron chi connectivity index (χ4n) is 2.92. The maximum atomic E-state index is 12.5. The summed E-state index contributed by atoms with van der Waals surface area (Å²) >= 11 is 0. The molecule has 2 rings (SSSR count). The molecule has 0 spiro atoms. The summed E-state index contributed by atoms with van der Waals surface area (Å²) in [5.41, 5.74) is 0.983. The van der Waals surface area contributed by atoms with Crippen molar-refractivity contribution in [3.05, 3.63) is 35.9 Å². The molecule has 0 bridgehead atoms. The molecule has 1 saturated heterocycles. The number of ether oxygens (including phenoxy) is 1. The van der Waals surface area contributed by atoms with Crippen LogP contribution in [0.1, 0.15) is 32.3 Å². The molecule has 2 N–H and O–H groups in total. The zero-order valence-corrected chi connectivity index (χ0v) is 15.5. The monoisotopic (exact) mass is 346 g/mol. The lowest BCUT2D eigenvalue weighted by Crippen LogP contribution is -2.48. The van der Waals surface area contributed by atoms with Gasteiger partial charge in [0.15, 0.2) is 5.96 Å². The molecule has 0 aromatic heterocycles. The Labute approximate surface area is 150 Å². The van der Waals surface area contributed by atoms with E-state index in [-0.39, 0.29) is 18.1 Å². The Morgan fingerprint density at radius 2 is 2.08 bits per heavy atom. The van der Waals surface area contributed by atoms with E-state index in [1.54, 1.807) is 7.05 Å². The number of amides is 1. The lowest BCUT2D eigenvalue weighted by molar-refractivity contribution is -0.130. The van der Waals surface area contributed by atoms with E-state index >= 15 is 0 Å². The van der Waals surface area contributed by atoms with Crippen LogP contribution in [-0.2, 0) is 16.1 Å². The van der Waals surface area contributed by atoms with Crippen molar-refractivity contribution in [3.8, 4) is 0 Å². The van der Waals surface area contributed by atoms with E-state index in [1.165, 1.54) is 0 Å². The highest BCUT2D eigenvalue weighted by Crippen LogP contribution is 2.23. The first-order chi connectivity index (χ1) is 12.1. The van der Waals surface area contributed by atoms with Gasteiger partial charge in [0.2, 0.25) is 5.91 Å². The summed E-state index contributed by atoms with van der Waals surface area (Å²) in [5.74, 6) is 0.679. The number of hydrogen-bond donors (Lipinski definition) is 2. The lowest BCUT2D eigenvalue weighted by atomic mass is 10.0. The molecular formula is C19H30N4O2. The largest absolute Gasteiger partial charge is 0.373 e. The minimum atomic E-state index is -0.148. The topological polar surface area (TPSA) is 66.0 Å². The zero-order valence-electron chi connectivity index (χ0n) is 15.5. The molecule has 1 aliphatic heterocycles. The smallest absolute Gasteiger partial charge is 0.242 e. The Morgan fingerprint density at radius 3 is 2.68 bits per heavy atom. The summed E-state index contributed by atoms with van der Waals surface area (Å²) in [6.07, 6.45) is 2.13. The van der Waals surface area contributed by atoms with Gasteiger partial charge in [-0.05, 0) is 32.3 Å². The predicted molar refractivity (Wildman–Crippen MR) is 100 cm³/mol. The van der Waals surface area contributed by atoms with Gasteiger partial charge < -0.3 is 20.3 Å². The van der Waals surface area contributed by atoms with Crippen molar-refractivity contribution in [1.29, 1.82) is 0 Å². The molecule has 138 valence electrons. The maximum absolute atomic E-state index is 12.5. The highest BCUT2D eigenvalue weighted by Gasteiger charge is 2.29. The molecule has 1 fully saturated rings. The molecule has 1 amide bonds. The van der Waals surface area contributed by atoms with Gasteiger partial charge in [-0.2, -0.15) is 0 Å². The first-order valence-electron chi connectivity index (χ1n) is 8.96. The molecule has 6 nitrogen and oxygen atoms in total. The lowest BCUT2D eigenvalue weighted by Gasteiger charge is -2.25. The molecule has 1 unspecified atom stereocenters. The molecule has 0 saturated carbocycles. The van der Waals surface area contributed by atoms with Crippen LogP contribution in [0, 0.1) is 0 Å². The third-order valence-corrected chi connectivity index (χ3v) is 4.51. The third-order valence-electron chi connectivity index (χ3n) is 4.51. The number of hydrogen-bond acceptors (Lipinski definition) is 3. The van der Waals surface area contributed by atoms with Gasteiger partial charge in [0.1, 0.15) is 0 Å². The molecule has 6 heteroatoms. The summed E-state index contributed by atoms with van der Waals surface area (Å²) in [6.45, 7) is 7.10. The van der Waals surface area contributed by atoms with Crippen LogP contribution in [0.3, 0.4) is 0 Å². The van der Waals surface area contributed by atoms with Gasteiger partial charge in [0, 0.05) is 33.3 Å². The van der Waals surface area contributed by atoms with E-state index in [2.05, 4.69) is 22.5 Å². The van der Waals surface area contributed by atoms with Crippen molar-refractivity contribution in [1.82, 2.24) is 15.5 Å². The standard InChI is InChI=1S/C19H30N4O2/c1-4-23(14-16-9-6-5-7-10-16)17(24)13-21-18(20-3)22-15-19(2)11-8-12-25-19/h5-7,9-10H,4,8,11-15H2,1-3H3,(H2,20,21,22). The number of nitrogens with zero attached hydrogens (tertiary/aromatic N) is 2. The van der Waals surface area contributed by atoms with Gasteiger partial charge in [0.25, 0.3) is 0 Å². The summed E-state index contributed by atoms with van der Waals surface area (Å²) in [6, 6.07) is 10.0. The number of aliphatic imine (C=N–C) groups is 1. The van der Waals surface area contributed by atoms with E-state index < -0.39 is 0 Å². The summed E-state index contributed by atoms with van der Waals surface area (Å²) < 4.78 is 5.76. The van der Waals surface area contributed by atoms with Gasteiger partial charge in [-0.3, -0.25) is 9.79 Å². The Hall–Kier alpha value is -2.08. The fourth-order valence-corrected chi connectivity index (χ4v) is 2.92. The molecule has 1 aromatic rings. The maximum Gasteiger partial charge on any atom is 0.242 e. The predicted octanol–water partition coefficient (Wildman–Crippen LogP) is 1.77. The van der Waals surface area contributed by atoms with Crippen LogP contribution in [0.5, 0.6) is 0 Å². The van der Waals surface area contributed by atoms with Crippen LogP contribution in [0.25, 0.3) is 0 Å². The summed E-state index contributed by atoms with van der Waals surface area (Å²) in [5, 5.41) is 6.36. The van der Waals surface area contributed by atoms with E-state index in [4.69, 9.17) is 4.74 Å². The summed E-state index contributed by atoms with van der Waals surface area (Å²) in [4.78, 5) is 18.5. The molecule has 25 heavy (non-hydrogen) atoms. The van der Waals surface area contributed by atoms with Crippen molar-refractivity contribution in [2.24, 2.45) is 4.99 Å². The Bertz CT molecular complexity index is 568. The molecule has 0 radical (unpaired) electrons. The van der Waals surface area contributed by atoms with Crippen LogP contribution in [0.4, 0.5) is 0 Å². The van der Waals surface area contributed by atoms with Crippen molar-refractivity contribution >= 4 is 11.9 Å². The highest BCUT2D eigenvalue weighted by atomic mass is 16.5. The van der Waals surface area contributed by atoms with Crippen LogP contribution < -0.4 is 10.6 Å². The average molecular weight is 346 g/mol. The quantitative estimate of drug-likeness (QED) is 0.583. The normalized spacial score (nSPS) is 20.4. The van der Waals surface area contributed by atoms with Gasteiger partial charge in [-0.1, -0.05) is 30.3 Å². The zero-order chi connectivity index (χ0) is 18.1. The molecule has 1 aromatic carbocycles. The van der Waals surface area contributed by atoms with Crippen molar-refractivity contribution in [2.75, 3.05) is 33.3 Å². The molecule has 1 heterocycles. The van der Waals surface area contributed by atoms with E-state index in [1.807, 2.05) is 42.2 Å². The number of benzene rings is 1. The third kappa shape index (κ3) is 6.05. The van der Waals surface area contributed by atoms with Crippen LogP contribution >= 0.6 is 0 Å². The van der Waals surface area contributed by atoms with Crippen LogP contribution in [0.15, 0.2) is 35.3 Å². The van der Waals surface area contributed by atoms with Crippen molar-refractivity contribution < 1.29 is 9.53 Å². The molecular weight excluding hydrogens is 316 g/mol. The Morgan fingerprint density at radius 1 is 1.32 bits per heavy atom. The summed E-state index contributed by atoms with van der Waals surface area (Å²) in [7, 11) is 1.71. The van der Waals surface area contributed by atoms with Crippen molar-refractivity contribution in [3.63, 3.8) is 0 Å². The Kier molecular flexibility index (Phi) is 7.25. The second kappa shape index (κ2) is 9.42. The Balaban J connectivity index is 1.79. The number of likely N-dealkylation sites (N-methyl/N-ethyl adjacent to an activating group) is 1. The van der Waals surface area contributed by atoms with E-state index in [9.17, 15) is 4.79 Å². The molecule has 1 atom stereocenters. The average Bonchev–Trinajstić information content (AvgIpc) is 3.07. The van der Waals surface area contributed by atoms with Gasteiger partial charge in [-0.25, -0.2) is 0 Å². The van der Waals surface area contributed by atoms with Gasteiger partial charge in [0.05, 0.1) is 12.1 Å². The van der Waals surface area contributed by atoms with Gasteiger partial charge in [-0.15, -0.1) is 0 Å². The van der Waals surface area contributed by atoms with Crippen LogP contribution in [0.2, 0.25) is 0 Å². The number of carbonyl (C=O) groups excluding carboxylic acids is 1. The van der Waals surface area contributed by atoms with Crippen molar-refractivity contribution in [2.45, 2.75) is 38.8 Å². The molecule has 1 aliphatic rings. The fraction of sp³-hybridized carbons (Fsp3) is 0.579. The van der Waals surface area contributed by atoms with E-state index in [0.717, 1.165) is 25.0 Å². The van der Waals surface area contributed by atoms with E-state index in [0.29, 0.717) is 25.6 Å². The second-order valence-corrected chi connectivity index (χ2v) is 6.57. The highest BCUT2D eigenvalue weighted by molar-refractivity contribution is 5.86. The minimum Gasteiger partial charge on any atom is -0.373 e. The SMILES string of the molecule is CCN(Cc1ccccc1)C(=O)CNC(=NC)NCC1(C)CCCO1. The number of nitrogens with one attached hydrogen (secondary N) is 2. The van der Waals surface area contributed by atoms with Crippen LogP contribution in [-0.4, -0.2) is 55.7 Å². The first-order valence-corrected chi connectivity index (χ1v) is 8.96. The first kappa shape index (κ1) is 19.2. The number of guanidine groups is 1. The second-order valence-electron chi connectivity index (χ2n) is 6.57. The molecule has 0 aliphatic carbocycles. The number of carbonyl (C=O) groups is 1. The van der Waals surface area contributed by atoms with Gasteiger partial charge >= 0.3 is 0 Å². The number of rotatable bonds is 7.